The fourth-order valence-corrected chi connectivity index (χ4v) is 2.00. The van der Waals surface area contributed by atoms with Crippen molar-refractivity contribution in [3.63, 3.8) is 0 Å². The highest BCUT2D eigenvalue weighted by Crippen LogP contribution is 2.20. The van der Waals surface area contributed by atoms with Gasteiger partial charge in [0.15, 0.2) is 0 Å². The number of halogens is 2. The lowest BCUT2D eigenvalue weighted by atomic mass is 9.99. The predicted octanol–water partition coefficient (Wildman–Crippen LogP) is 4.55. The van der Waals surface area contributed by atoms with Gasteiger partial charge in [0.2, 0.25) is 0 Å². The van der Waals surface area contributed by atoms with Crippen LogP contribution in [0.2, 0.25) is 0 Å². The second kappa shape index (κ2) is 5.64. The molecule has 0 bridgehead atoms. The molecule has 0 aromatic heterocycles. The minimum Gasteiger partial charge on any atom is -0.207 e. The molecule has 0 radical (unpaired) electrons. The summed E-state index contributed by atoms with van der Waals surface area (Å²) in [5, 5.41) is 0. The van der Waals surface area contributed by atoms with Crippen molar-refractivity contribution in [1.29, 1.82) is 0 Å². The topological polar surface area (TPSA) is 0 Å². The van der Waals surface area contributed by atoms with E-state index in [1.54, 1.807) is 6.07 Å². The van der Waals surface area contributed by atoms with Crippen LogP contribution in [0.25, 0.3) is 0 Å². The Morgan fingerprint density at radius 3 is 2.53 bits per heavy atom. The van der Waals surface area contributed by atoms with E-state index in [2.05, 4.69) is 22.9 Å². The molecule has 0 N–H and O–H groups in total. The number of hydrogen-bond acceptors (Lipinski definition) is 0. The van der Waals surface area contributed by atoms with Crippen molar-refractivity contribution in [3.8, 4) is 0 Å². The molecule has 0 fully saturated rings. The second-order valence-corrected chi connectivity index (χ2v) is 5.38. The first-order valence-corrected chi connectivity index (χ1v) is 6.35. The van der Waals surface area contributed by atoms with Crippen LogP contribution < -0.4 is 0 Å². The highest BCUT2D eigenvalue weighted by Gasteiger charge is 2.09. The molecule has 0 aliphatic rings. The van der Waals surface area contributed by atoms with E-state index in [0.29, 0.717) is 4.83 Å². The largest absolute Gasteiger partial charge is 0.207 e. The molecule has 1 unspecified atom stereocenters. The zero-order valence-electron chi connectivity index (χ0n) is 9.61. The maximum atomic E-state index is 13.7. The summed E-state index contributed by atoms with van der Waals surface area (Å²) in [6, 6.07) is 3.67. The molecule has 1 aromatic rings. The molecule has 15 heavy (non-hydrogen) atoms. The molecule has 0 amide bonds. The summed E-state index contributed by atoms with van der Waals surface area (Å²) in [6.07, 6.45) is 2.91. The van der Waals surface area contributed by atoms with Crippen LogP contribution in [0.3, 0.4) is 0 Å². The Bertz CT molecular complexity index is 310. The second-order valence-electron chi connectivity index (χ2n) is 4.09. The van der Waals surface area contributed by atoms with Crippen LogP contribution in [0, 0.1) is 19.7 Å². The van der Waals surface area contributed by atoms with Crippen molar-refractivity contribution in [2.75, 3.05) is 0 Å². The van der Waals surface area contributed by atoms with Crippen molar-refractivity contribution in [3.05, 3.63) is 34.6 Å². The Morgan fingerprint density at radius 2 is 2.00 bits per heavy atom. The van der Waals surface area contributed by atoms with Crippen LogP contribution in [0.1, 0.15) is 36.5 Å². The van der Waals surface area contributed by atoms with Gasteiger partial charge in [-0.15, -0.1) is 0 Å². The predicted molar refractivity (Wildman–Crippen MR) is 67.2 cm³/mol. The van der Waals surface area contributed by atoms with Crippen molar-refractivity contribution >= 4 is 15.9 Å². The average Bonchev–Trinajstić information content (AvgIpc) is 2.15. The van der Waals surface area contributed by atoms with Gasteiger partial charge in [0.05, 0.1) is 0 Å². The SMILES string of the molecule is CCC(Br)CCc1c(C)cc(C)cc1F. The van der Waals surface area contributed by atoms with Crippen LogP contribution in [0.15, 0.2) is 12.1 Å². The van der Waals surface area contributed by atoms with Gasteiger partial charge in [-0.2, -0.15) is 0 Å². The van der Waals surface area contributed by atoms with E-state index < -0.39 is 0 Å². The summed E-state index contributed by atoms with van der Waals surface area (Å²) in [4.78, 5) is 0.498. The Labute approximate surface area is 100 Å². The van der Waals surface area contributed by atoms with Gasteiger partial charge in [0, 0.05) is 4.83 Å². The van der Waals surface area contributed by atoms with Crippen LogP contribution >= 0.6 is 15.9 Å². The van der Waals surface area contributed by atoms with Gasteiger partial charge < -0.3 is 0 Å². The lowest BCUT2D eigenvalue weighted by Gasteiger charge is -2.11. The highest BCUT2D eigenvalue weighted by molar-refractivity contribution is 9.09. The summed E-state index contributed by atoms with van der Waals surface area (Å²) < 4.78 is 13.7. The van der Waals surface area contributed by atoms with Crippen molar-refractivity contribution < 1.29 is 4.39 Å². The van der Waals surface area contributed by atoms with E-state index in [4.69, 9.17) is 0 Å². The van der Waals surface area contributed by atoms with E-state index in [-0.39, 0.29) is 5.82 Å². The number of alkyl halides is 1. The fourth-order valence-electron chi connectivity index (χ4n) is 1.77. The van der Waals surface area contributed by atoms with E-state index in [9.17, 15) is 4.39 Å². The zero-order valence-corrected chi connectivity index (χ0v) is 11.2. The van der Waals surface area contributed by atoms with E-state index in [1.165, 1.54) is 0 Å². The third kappa shape index (κ3) is 3.60. The summed E-state index contributed by atoms with van der Waals surface area (Å²) >= 11 is 3.58. The third-order valence-electron chi connectivity index (χ3n) is 2.71. The zero-order chi connectivity index (χ0) is 11.4. The van der Waals surface area contributed by atoms with Crippen LogP contribution in [0.5, 0.6) is 0 Å². The molecule has 1 atom stereocenters. The van der Waals surface area contributed by atoms with Crippen molar-refractivity contribution in [1.82, 2.24) is 0 Å². The van der Waals surface area contributed by atoms with E-state index >= 15 is 0 Å². The standard InChI is InChI=1S/C13H18BrF/c1-4-11(14)5-6-12-10(3)7-9(2)8-13(12)15/h7-8,11H,4-6H2,1-3H3. The summed E-state index contributed by atoms with van der Waals surface area (Å²) in [5.74, 6) is -0.0525. The van der Waals surface area contributed by atoms with E-state index in [0.717, 1.165) is 36.0 Å². The molecule has 0 aliphatic carbocycles. The van der Waals surface area contributed by atoms with Gasteiger partial charge in [-0.05, 0) is 55.9 Å². The normalized spacial score (nSPS) is 12.9. The summed E-state index contributed by atoms with van der Waals surface area (Å²) in [6.45, 7) is 6.05. The Morgan fingerprint density at radius 1 is 1.33 bits per heavy atom. The molecule has 1 aromatic carbocycles. The molecule has 1 rings (SSSR count). The fraction of sp³-hybridized carbons (Fsp3) is 0.538. The number of benzene rings is 1. The van der Waals surface area contributed by atoms with Crippen LogP contribution in [-0.2, 0) is 6.42 Å². The van der Waals surface area contributed by atoms with Gasteiger partial charge in [-0.25, -0.2) is 4.39 Å². The molecular weight excluding hydrogens is 255 g/mol. The van der Waals surface area contributed by atoms with Gasteiger partial charge in [0.25, 0.3) is 0 Å². The quantitative estimate of drug-likeness (QED) is 0.706. The lowest BCUT2D eigenvalue weighted by molar-refractivity contribution is 0.598. The maximum absolute atomic E-state index is 13.7. The number of hydrogen-bond donors (Lipinski definition) is 0. The van der Waals surface area contributed by atoms with Crippen LogP contribution in [0.4, 0.5) is 4.39 Å². The van der Waals surface area contributed by atoms with Crippen molar-refractivity contribution in [2.24, 2.45) is 0 Å². The first-order valence-electron chi connectivity index (χ1n) is 5.44. The third-order valence-corrected chi connectivity index (χ3v) is 3.82. The molecular formula is C13H18BrF. The average molecular weight is 273 g/mol. The number of rotatable bonds is 4. The summed E-state index contributed by atoms with van der Waals surface area (Å²) in [7, 11) is 0. The summed E-state index contributed by atoms with van der Waals surface area (Å²) in [5.41, 5.74) is 2.95. The van der Waals surface area contributed by atoms with E-state index in [1.807, 2.05) is 19.9 Å². The first-order chi connectivity index (χ1) is 7.04. The van der Waals surface area contributed by atoms with Gasteiger partial charge in [-0.3, -0.25) is 0 Å². The Kier molecular flexibility index (Phi) is 4.78. The van der Waals surface area contributed by atoms with Crippen molar-refractivity contribution in [2.45, 2.75) is 44.9 Å². The highest BCUT2D eigenvalue weighted by atomic mass is 79.9. The monoisotopic (exact) mass is 272 g/mol. The molecule has 0 saturated heterocycles. The Hall–Kier alpha value is -0.370. The van der Waals surface area contributed by atoms with Gasteiger partial charge in [0.1, 0.15) is 5.82 Å². The molecule has 0 aliphatic heterocycles. The molecule has 0 nitrogen and oxygen atoms in total. The molecule has 0 spiro atoms. The lowest BCUT2D eigenvalue weighted by Crippen LogP contribution is -2.02. The molecule has 0 heterocycles. The molecule has 84 valence electrons. The van der Waals surface area contributed by atoms with Gasteiger partial charge in [-0.1, -0.05) is 28.9 Å². The minimum atomic E-state index is -0.0525. The number of aryl methyl sites for hydroxylation is 2. The first kappa shape index (κ1) is 12.7. The smallest absolute Gasteiger partial charge is 0.126 e. The maximum Gasteiger partial charge on any atom is 0.126 e. The van der Waals surface area contributed by atoms with Crippen LogP contribution in [-0.4, -0.2) is 4.83 Å². The molecule has 0 saturated carbocycles. The van der Waals surface area contributed by atoms with Gasteiger partial charge >= 0.3 is 0 Å². The minimum absolute atomic E-state index is 0.0525. The molecule has 2 heteroatoms. The Balaban J connectivity index is 2.77.